The zero-order chi connectivity index (χ0) is 9.54. The van der Waals surface area contributed by atoms with Crippen LogP contribution in [-0.4, -0.2) is 17.3 Å². The van der Waals surface area contributed by atoms with E-state index in [9.17, 15) is 5.11 Å². The molecule has 1 aliphatic heterocycles. The van der Waals surface area contributed by atoms with E-state index in [1.807, 2.05) is 12.2 Å². The highest BCUT2D eigenvalue weighted by Crippen LogP contribution is 2.39. The monoisotopic (exact) mass is 190 g/mol. The Labute approximate surface area is 83.6 Å². The fourth-order valence-electron chi connectivity index (χ4n) is 2.61. The Morgan fingerprint density at radius 1 is 1.36 bits per heavy atom. The van der Waals surface area contributed by atoms with Crippen LogP contribution < -0.4 is 0 Å². The second-order valence-corrected chi connectivity index (χ2v) is 4.20. The van der Waals surface area contributed by atoms with Gasteiger partial charge in [-0.3, -0.25) is 0 Å². The highest BCUT2D eigenvalue weighted by Gasteiger charge is 2.34. The van der Waals surface area contributed by atoms with Gasteiger partial charge in [-0.15, -0.1) is 0 Å². The lowest BCUT2D eigenvalue weighted by Crippen LogP contribution is -2.16. The fraction of sp³-hybridized carbons (Fsp3) is 0.500. The second kappa shape index (κ2) is 2.99. The Hall–Kier alpha value is -1.02. The molecule has 0 radical (unpaired) electrons. The van der Waals surface area contributed by atoms with Gasteiger partial charge in [0.15, 0.2) is 0 Å². The maximum atomic E-state index is 9.43. The molecule has 0 aromatic carbocycles. The lowest BCUT2D eigenvalue weighted by Gasteiger charge is -2.20. The smallest absolute Gasteiger partial charge is 0.115 e. The van der Waals surface area contributed by atoms with Crippen molar-refractivity contribution in [2.24, 2.45) is 0 Å². The molecule has 3 rings (SSSR count). The molecular weight excluding hydrogens is 176 g/mol. The van der Waals surface area contributed by atoms with Crippen LogP contribution in [0.5, 0.6) is 0 Å². The molecule has 0 saturated heterocycles. The van der Waals surface area contributed by atoms with Crippen molar-refractivity contribution in [1.82, 2.24) is 0 Å². The fourth-order valence-corrected chi connectivity index (χ4v) is 2.61. The third kappa shape index (κ3) is 1.14. The molecule has 0 bridgehead atoms. The van der Waals surface area contributed by atoms with Gasteiger partial charge in [-0.2, -0.15) is 0 Å². The molecular formula is C12H14O2. The number of hydrogen-bond acceptors (Lipinski definition) is 2. The maximum Gasteiger partial charge on any atom is 0.115 e. The number of aliphatic hydroxyl groups is 1. The number of ether oxygens (including phenoxy) is 1. The quantitative estimate of drug-likeness (QED) is 0.636. The largest absolute Gasteiger partial charge is 0.508 e. The van der Waals surface area contributed by atoms with E-state index in [0.717, 1.165) is 12.8 Å². The van der Waals surface area contributed by atoms with Crippen LogP contribution in [0, 0.1) is 0 Å². The van der Waals surface area contributed by atoms with E-state index in [1.54, 1.807) is 6.08 Å². The van der Waals surface area contributed by atoms with Crippen molar-refractivity contribution in [2.45, 2.75) is 37.9 Å². The van der Waals surface area contributed by atoms with Crippen LogP contribution in [0.25, 0.3) is 0 Å². The van der Waals surface area contributed by atoms with Gasteiger partial charge in [-0.05, 0) is 48.6 Å². The van der Waals surface area contributed by atoms with Crippen LogP contribution in [-0.2, 0) is 4.74 Å². The zero-order valence-corrected chi connectivity index (χ0v) is 8.07. The average Bonchev–Trinajstić information content (AvgIpc) is 2.56. The number of allylic oxidation sites excluding steroid dienone is 1. The van der Waals surface area contributed by atoms with E-state index >= 15 is 0 Å². The molecule has 1 N–H and O–H groups in total. The molecule has 2 unspecified atom stereocenters. The van der Waals surface area contributed by atoms with Gasteiger partial charge < -0.3 is 9.84 Å². The SMILES string of the molecule is OC1=CC2=C3CCCCC3OC2C=C1. The zero-order valence-electron chi connectivity index (χ0n) is 8.07. The van der Waals surface area contributed by atoms with Crippen LogP contribution >= 0.6 is 0 Å². The molecule has 0 spiro atoms. The van der Waals surface area contributed by atoms with Gasteiger partial charge >= 0.3 is 0 Å². The van der Waals surface area contributed by atoms with Crippen molar-refractivity contribution in [3.8, 4) is 0 Å². The lowest BCUT2D eigenvalue weighted by molar-refractivity contribution is 0.0649. The van der Waals surface area contributed by atoms with Crippen LogP contribution in [0.15, 0.2) is 35.1 Å². The van der Waals surface area contributed by atoms with E-state index < -0.39 is 0 Å². The second-order valence-electron chi connectivity index (χ2n) is 4.20. The van der Waals surface area contributed by atoms with Gasteiger partial charge in [0.1, 0.15) is 11.9 Å². The van der Waals surface area contributed by atoms with Gasteiger partial charge in [0.05, 0.1) is 6.10 Å². The summed E-state index contributed by atoms with van der Waals surface area (Å²) in [6.45, 7) is 0. The minimum Gasteiger partial charge on any atom is -0.508 e. The highest BCUT2D eigenvalue weighted by molar-refractivity contribution is 5.45. The maximum absolute atomic E-state index is 9.43. The van der Waals surface area contributed by atoms with Gasteiger partial charge in [-0.1, -0.05) is 6.42 Å². The summed E-state index contributed by atoms with van der Waals surface area (Å²) in [7, 11) is 0. The first kappa shape index (κ1) is 8.30. The Kier molecular flexibility index (Phi) is 1.77. The first-order valence-electron chi connectivity index (χ1n) is 5.32. The van der Waals surface area contributed by atoms with E-state index in [4.69, 9.17) is 4.74 Å². The van der Waals surface area contributed by atoms with E-state index in [1.165, 1.54) is 24.0 Å². The summed E-state index contributed by atoms with van der Waals surface area (Å²) in [5.41, 5.74) is 2.65. The Bertz CT molecular complexity index is 349. The van der Waals surface area contributed by atoms with Crippen LogP contribution in [0.2, 0.25) is 0 Å². The third-order valence-corrected chi connectivity index (χ3v) is 3.28. The van der Waals surface area contributed by atoms with E-state index in [-0.39, 0.29) is 6.10 Å². The summed E-state index contributed by atoms with van der Waals surface area (Å²) in [5.74, 6) is 0.360. The number of rotatable bonds is 0. The van der Waals surface area contributed by atoms with Gasteiger partial charge in [0.25, 0.3) is 0 Å². The Morgan fingerprint density at radius 3 is 3.21 bits per heavy atom. The molecule has 3 aliphatic rings. The molecule has 1 heterocycles. The lowest BCUT2D eigenvalue weighted by atomic mass is 9.88. The van der Waals surface area contributed by atoms with Gasteiger partial charge in [0.2, 0.25) is 0 Å². The number of hydrogen-bond donors (Lipinski definition) is 1. The molecule has 1 saturated carbocycles. The predicted molar refractivity (Wildman–Crippen MR) is 54.0 cm³/mol. The van der Waals surface area contributed by atoms with Crippen molar-refractivity contribution < 1.29 is 9.84 Å². The molecule has 74 valence electrons. The Morgan fingerprint density at radius 2 is 2.29 bits per heavy atom. The van der Waals surface area contributed by atoms with Crippen molar-refractivity contribution in [1.29, 1.82) is 0 Å². The minimum atomic E-state index is 0.115. The minimum absolute atomic E-state index is 0.115. The summed E-state index contributed by atoms with van der Waals surface area (Å²) in [5, 5.41) is 9.43. The summed E-state index contributed by atoms with van der Waals surface area (Å²) in [6.07, 6.45) is 10.8. The molecule has 2 nitrogen and oxygen atoms in total. The van der Waals surface area contributed by atoms with Crippen molar-refractivity contribution in [3.05, 3.63) is 35.1 Å². The molecule has 0 amide bonds. The van der Waals surface area contributed by atoms with Crippen LogP contribution in [0.3, 0.4) is 0 Å². The van der Waals surface area contributed by atoms with Gasteiger partial charge in [0, 0.05) is 0 Å². The predicted octanol–water partition coefficient (Wildman–Crippen LogP) is 2.64. The summed E-state index contributed by atoms with van der Waals surface area (Å²) >= 11 is 0. The summed E-state index contributed by atoms with van der Waals surface area (Å²) in [4.78, 5) is 0. The third-order valence-electron chi connectivity index (χ3n) is 3.28. The molecule has 14 heavy (non-hydrogen) atoms. The molecule has 2 heteroatoms. The number of fused-ring (bicyclic) bond motifs is 2. The first-order valence-corrected chi connectivity index (χ1v) is 5.32. The summed E-state index contributed by atoms with van der Waals surface area (Å²) < 4.78 is 5.90. The van der Waals surface area contributed by atoms with Crippen molar-refractivity contribution >= 4 is 0 Å². The van der Waals surface area contributed by atoms with Crippen LogP contribution in [0.1, 0.15) is 25.7 Å². The standard InChI is InChI=1S/C12H14O2/c13-8-5-6-12-10(7-8)9-3-1-2-4-11(9)14-12/h5-7,11-13H,1-4H2. The van der Waals surface area contributed by atoms with Gasteiger partial charge in [-0.25, -0.2) is 0 Å². The van der Waals surface area contributed by atoms with Crippen molar-refractivity contribution in [3.63, 3.8) is 0 Å². The molecule has 2 aliphatic carbocycles. The van der Waals surface area contributed by atoms with Crippen LogP contribution in [0.4, 0.5) is 0 Å². The van der Waals surface area contributed by atoms with Crippen molar-refractivity contribution in [2.75, 3.05) is 0 Å². The number of aliphatic hydroxyl groups excluding tert-OH is 1. The molecule has 2 atom stereocenters. The molecule has 0 aromatic heterocycles. The Balaban J connectivity index is 2.01. The summed E-state index contributed by atoms with van der Waals surface area (Å²) in [6, 6.07) is 0. The normalized spacial score (nSPS) is 35.3. The first-order chi connectivity index (χ1) is 6.84. The highest BCUT2D eigenvalue weighted by atomic mass is 16.5. The molecule has 0 aromatic rings. The molecule has 1 fully saturated rings. The average molecular weight is 190 g/mol. The topological polar surface area (TPSA) is 29.5 Å². The van der Waals surface area contributed by atoms with E-state index in [0.29, 0.717) is 11.9 Å². The van der Waals surface area contributed by atoms with E-state index in [2.05, 4.69) is 0 Å².